The van der Waals surface area contributed by atoms with E-state index in [0.29, 0.717) is 0 Å². The van der Waals surface area contributed by atoms with Crippen molar-refractivity contribution in [3.8, 4) is 16.3 Å². The second-order valence-corrected chi connectivity index (χ2v) is 5.77. The number of thiazole rings is 1. The lowest BCUT2D eigenvalue weighted by molar-refractivity contribution is 0.415. The first-order valence-corrected chi connectivity index (χ1v) is 7.22. The van der Waals surface area contributed by atoms with Crippen LogP contribution in [0.3, 0.4) is 0 Å². The molecule has 2 aromatic carbocycles. The van der Waals surface area contributed by atoms with Crippen LogP contribution in [0.25, 0.3) is 20.8 Å². The van der Waals surface area contributed by atoms with Gasteiger partial charge in [-0.2, -0.15) is 0 Å². The van der Waals surface area contributed by atoms with Crippen LogP contribution in [0.4, 0.5) is 5.69 Å². The third-order valence-electron chi connectivity index (χ3n) is 3.21. The van der Waals surface area contributed by atoms with Gasteiger partial charge in [0.05, 0.1) is 23.0 Å². The van der Waals surface area contributed by atoms with Gasteiger partial charge in [0, 0.05) is 19.7 Å². The summed E-state index contributed by atoms with van der Waals surface area (Å²) >= 11 is 1.73. The molecule has 102 valence electrons. The lowest BCUT2D eigenvalue weighted by Crippen LogP contribution is -2.08. The van der Waals surface area contributed by atoms with Crippen LogP contribution in [0, 0.1) is 0 Å². The number of methoxy groups -OCH3 is 1. The van der Waals surface area contributed by atoms with E-state index < -0.39 is 0 Å². The lowest BCUT2D eigenvalue weighted by atomic mass is 10.2. The first kappa shape index (κ1) is 12.9. The van der Waals surface area contributed by atoms with Crippen molar-refractivity contribution in [1.82, 2.24) is 4.98 Å². The lowest BCUT2D eigenvalue weighted by Gasteiger charge is -2.12. The minimum atomic E-state index is 0.865. The quantitative estimate of drug-likeness (QED) is 0.726. The van der Waals surface area contributed by atoms with Crippen molar-refractivity contribution in [2.24, 2.45) is 0 Å². The van der Waals surface area contributed by atoms with Gasteiger partial charge in [0.1, 0.15) is 10.8 Å². The molecule has 0 atom stereocenters. The SMILES string of the molecule is COc1ccc(-c2nc3cccc(N(C)C)c3s2)cc1. The second-order valence-electron chi connectivity index (χ2n) is 4.77. The largest absolute Gasteiger partial charge is 0.497 e. The molecule has 1 heterocycles. The fraction of sp³-hybridized carbons (Fsp3) is 0.188. The Labute approximate surface area is 122 Å². The standard InChI is InChI=1S/C16H16N2OS/c1-18(2)14-6-4-5-13-15(14)20-16(17-13)11-7-9-12(19-3)10-8-11/h4-10H,1-3H3. The fourth-order valence-corrected chi connectivity index (χ4v) is 3.31. The number of hydrogen-bond donors (Lipinski definition) is 0. The Morgan fingerprint density at radius 1 is 1.05 bits per heavy atom. The van der Waals surface area contributed by atoms with E-state index >= 15 is 0 Å². The molecule has 1 aromatic heterocycles. The van der Waals surface area contributed by atoms with Gasteiger partial charge >= 0.3 is 0 Å². The van der Waals surface area contributed by atoms with E-state index in [1.54, 1.807) is 18.4 Å². The number of anilines is 1. The molecule has 0 bridgehead atoms. The zero-order valence-corrected chi connectivity index (χ0v) is 12.6. The highest BCUT2D eigenvalue weighted by molar-refractivity contribution is 7.22. The molecule has 3 rings (SSSR count). The zero-order chi connectivity index (χ0) is 14.1. The Morgan fingerprint density at radius 3 is 2.45 bits per heavy atom. The van der Waals surface area contributed by atoms with E-state index in [0.717, 1.165) is 21.8 Å². The highest BCUT2D eigenvalue weighted by Crippen LogP contribution is 2.36. The van der Waals surface area contributed by atoms with Gasteiger partial charge in [-0.25, -0.2) is 4.98 Å². The first-order chi connectivity index (χ1) is 9.69. The molecule has 0 saturated carbocycles. The summed E-state index contributed by atoms with van der Waals surface area (Å²) in [5.74, 6) is 0.865. The maximum atomic E-state index is 5.19. The summed E-state index contributed by atoms with van der Waals surface area (Å²) in [5, 5.41) is 1.04. The predicted octanol–water partition coefficient (Wildman–Crippen LogP) is 4.04. The fourth-order valence-electron chi connectivity index (χ4n) is 2.14. The predicted molar refractivity (Wildman–Crippen MR) is 85.9 cm³/mol. The molecule has 3 aromatic rings. The van der Waals surface area contributed by atoms with Crippen molar-refractivity contribution in [3.05, 3.63) is 42.5 Å². The summed E-state index contributed by atoms with van der Waals surface area (Å²) in [4.78, 5) is 6.86. The molecule has 3 nitrogen and oxygen atoms in total. The number of ether oxygens (including phenoxy) is 1. The number of aromatic nitrogens is 1. The van der Waals surface area contributed by atoms with E-state index in [2.05, 4.69) is 37.2 Å². The molecule has 0 aliphatic heterocycles. The maximum Gasteiger partial charge on any atom is 0.124 e. The molecular weight excluding hydrogens is 268 g/mol. The van der Waals surface area contributed by atoms with Gasteiger partial charge in [0.2, 0.25) is 0 Å². The molecule has 0 aliphatic carbocycles. The smallest absolute Gasteiger partial charge is 0.124 e. The molecule has 0 radical (unpaired) electrons. The Kier molecular flexibility index (Phi) is 3.32. The molecule has 0 saturated heterocycles. The first-order valence-electron chi connectivity index (χ1n) is 6.40. The molecule has 0 fully saturated rings. The van der Waals surface area contributed by atoms with E-state index in [1.165, 1.54) is 10.4 Å². The van der Waals surface area contributed by atoms with Crippen LogP contribution in [0.1, 0.15) is 0 Å². The third kappa shape index (κ3) is 2.23. The molecule has 0 N–H and O–H groups in total. The van der Waals surface area contributed by atoms with Crippen LogP contribution in [-0.4, -0.2) is 26.2 Å². The summed E-state index contributed by atoms with van der Waals surface area (Å²) in [5.41, 5.74) is 3.38. The number of fused-ring (bicyclic) bond motifs is 1. The molecule has 0 amide bonds. The average molecular weight is 284 g/mol. The maximum absolute atomic E-state index is 5.19. The normalized spacial score (nSPS) is 10.8. The zero-order valence-electron chi connectivity index (χ0n) is 11.8. The number of nitrogens with zero attached hydrogens (tertiary/aromatic N) is 2. The Balaban J connectivity index is 2.10. The van der Waals surface area contributed by atoms with Gasteiger partial charge in [0.15, 0.2) is 0 Å². The van der Waals surface area contributed by atoms with E-state index in [-0.39, 0.29) is 0 Å². The minimum Gasteiger partial charge on any atom is -0.497 e. The number of rotatable bonds is 3. The van der Waals surface area contributed by atoms with Crippen molar-refractivity contribution >= 4 is 27.2 Å². The third-order valence-corrected chi connectivity index (χ3v) is 4.36. The molecule has 20 heavy (non-hydrogen) atoms. The average Bonchev–Trinajstić information content (AvgIpc) is 2.90. The van der Waals surface area contributed by atoms with Gasteiger partial charge in [-0.1, -0.05) is 6.07 Å². The highest BCUT2D eigenvalue weighted by atomic mass is 32.1. The molecular formula is C16H16N2OS. The van der Waals surface area contributed by atoms with Crippen LogP contribution in [0.2, 0.25) is 0 Å². The highest BCUT2D eigenvalue weighted by Gasteiger charge is 2.10. The van der Waals surface area contributed by atoms with Gasteiger partial charge in [-0.05, 0) is 36.4 Å². The Morgan fingerprint density at radius 2 is 1.80 bits per heavy atom. The Bertz CT molecular complexity index is 732. The molecule has 0 unspecified atom stereocenters. The van der Waals surface area contributed by atoms with Gasteiger partial charge in [-0.3, -0.25) is 0 Å². The van der Waals surface area contributed by atoms with Gasteiger partial charge < -0.3 is 9.64 Å². The monoisotopic (exact) mass is 284 g/mol. The van der Waals surface area contributed by atoms with E-state index in [1.807, 2.05) is 24.3 Å². The summed E-state index contributed by atoms with van der Waals surface area (Å²) in [7, 11) is 5.79. The van der Waals surface area contributed by atoms with Crippen LogP contribution in [0.15, 0.2) is 42.5 Å². The van der Waals surface area contributed by atoms with Crippen molar-refractivity contribution in [1.29, 1.82) is 0 Å². The van der Waals surface area contributed by atoms with Crippen LogP contribution in [0.5, 0.6) is 5.75 Å². The Hall–Kier alpha value is -2.07. The second kappa shape index (κ2) is 5.13. The number of hydrogen-bond acceptors (Lipinski definition) is 4. The van der Waals surface area contributed by atoms with Crippen molar-refractivity contribution in [2.75, 3.05) is 26.1 Å². The minimum absolute atomic E-state index is 0.865. The van der Waals surface area contributed by atoms with Crippen LogP contribution in [-0.2, 0) is 0 Å². The van der Waals surface area contributed by atoms with Crippen LogP contribution >= 0.6 is 11.3 Å². The summed E-state index contributed by atoms with van der Waals surface area (Å²) in [6, 6.07) is 14.3. The van der Waals surface area contributed by atoms with Crippen molar-refractivity contribution in [2.45, 2.75) is 0 Å². The van der Waals surface area contributed by atoms with Crippen molar-refractivity contribution < 1.29 is 4.74 Å². The summed E-state index contributed by atoms with van der Waals surface area (Å²) in [6.45, 7) is 0. The topological polar surface area (TPSA) is 25.4 Å². The van der Waals surface area contributed by atoms with Gasteiger partial charge in [-0.15, -0.1) is 11.3 Å². The van der Waals surface area contributed by atoms with Crippen LogP contribution < -0.4 is 9.64 Å². The van der Waals surface area contributed by atoms with E-state index in [9.17, 15) is 0 Å². The van der Waals surface area contributed by atoms with Gasteiger partial charge in [0.25, 0.3) is 0 Å². The van der Waals surface area contributed by atoms with E-state index in [4.69, 9.17) is 9.72 Å². The molecule has 0 spiro atoms. The van der Waals surface area contributed by atoms with Crippen molar-refractivity contribution in [3.63, 3.8) is 0 Å². The summed E-state index contributed by atoms with van der Waals surface area (Å²) in [6.07, 6.45) is 0. The molecule has 4 heteroatoms. The molecule has 0 aliphatic rings. The number of benzene rings is 2. The summed E-state index contributed by atoms with van der Waals surface area (Å²) < 4.78 is 6.42.